The van der Waals surface area contributed by atoms with E-state index in [1.54, 1.807) is 0 Å². The van der Waals surface area contributed by atoms with E-state index in [0.29, 0.717) is 0 Å². The molecule has 86 valence electrons. The SMILES string of the molecule is CCCCNC1CS(=O)(=O)CC1O.Cl. The van der Waals surface area contributed by atoms with E-state index in [-0.39, 0.29) is 30.0 Å². The summed E-state index contributed by atoms with van der Waals surface area (Å²) in [4.78, 5) is 0. The van der Waals surface area contributed by atoms with Gasteiger partial charge in [0, 0.05) is 6.04 Å². The minimum Gasteiger partial charge on any atom is -0.390 e. The molecule has 2 unspecified atom stereocenters. The molecule has 2 atom stereocenters. The Morgan fingerprint density at radius 3 is 2.50 bits per heavy atom. The highest BCUT2D eigenvalue weighted by molar-refractivity contribution is 7.91. The summed E-state index contributed by atoms with van der Waals surface area (Å²) >= 11 is 0. The van der Waals surface area contributed by atoms with Gasteiger partial charge in [-0.2, -0.15) is 0 Å². The van der Waals surface area contributed by atoms with Crippen molar-refractivity contribution in [1.82, 2.24) is 5.32 Å². The second-order valence-electron chi connectivity index (χ2n) is 3.56. The zero-order chi connectivity index (χ0) is 9.90. The summed E-state index contributed by atoms with van der Waals surface area (Å²) in [6, 6.07) is -0.253. The summed E-state index contributed by atoms with van der Waals surface area (Å²) in [7, 11) is -2.99. The Hall–Kier alpha value is 0.160. The van der Waals surface area contributed by atoms with Crippen LogP contribution >= 0.6 is 12.4 Å². The first kappa shape index (κ1) is 14.2. The van der Waals surface area contributed by atoms with Crippen LogP contribution in [0.3, 0.4) is 0 Å². The van der Waals surface area contributed by atoms with Crippen molar-refractivity contribution in [2.75, 3.05) is 18.1 Å². The van der Waals surface area contributed by atoms with Gasteiger partial charge in [0.05, 0.1) is 17.6 Å². The summed E-state index contributed by atoms with van der Waals surface area (Å²) in [6.07, 6.45) is 1.37. The van der Waals surface area contributed by atoms with Crippen molar-refractivity contribution in [1.29, 1.82) is 0 Å². The fourth-order valence-corrected chi connectivity index (χ4v) is 3.26. The van der Waals surface area contributed by atoms with Gasteiger partial charge in [0.25, 0.3) is 0 Å². The number of hydrogen-bond donors (Lipinski definition) is 2. The third-order valence-electron chi connectivity index (χ3n) is 2.26. The second-order valence-corrected chi connectivity index (χ2v) is 5.71. The first-order valence-electron chi connectivity index (χ1n) is 4.67. The minimum absolute atomic E-state index is 0. The molecule has 1 fully saturated rings. The lowest BCUT2D eigenvalue weighted by Crippen LogP contribution is -2.39. The van der Waals surface area contributed by atoms with E-state index in [9.17, 15) is 13.5 Å². The molecule has 1 rings (SSSR count). The maximum atomic E-state index is 11.1. The smallest absolute Gasteiger partial charge is 0.154 e. The number of sulfone groups is 1. The highest BCUT2D eigenvalue weighted by atomic mass is 35.5. The Morgan fingerprint density at radius 2 is 2.07 bits per heavy atom. The Kier molecular flexibility index (Phi) is 5.97. The van der Waals surface area contributed by atoms with E-state index in [0.717, 1.165) is 19.4 Å². The third kappa shape index (κ3) is 4.13. The number of hydrogen-bond acceptors (Lipinski definition) is 4. The van der Waals surface area contributed by atoms with Crippen LogP contribution in [-0.4, -0.2) is 43.7 Å². The first-order chi connectivity index (χ1) is 6.05. The Morgan fingerprint density at radius 1 is 1.43 bits per heavy atom. The quantitative estimate of drug-likeness (QED) is 0.680. The van der Waals surface area contributed by atoms with Crippen molar-refractivity contribution in [2.24, 2.45) is 0 Å². The number of halogens is 1. The van der Waals surface area contributed by atoms with Crippen molar-refractivity contribution in [3.63, 3.8) is 0 Å². The van der Waals surface area contributed by atoms with E-state index >= 15 is 0 Å². The average Bonchev–Trinajstić information content (AvgIpc) is 2.25. The topological polar surface area (TPSA) is 66.4 Å². The van der Waals surface area contributed by atoms with Crippen LogP contribution in [0.2, 0.25) is 0 Å². The van der Waals surface area contributed by atoms with Crippen LogP contribution in [0.15, 0.2) is 0 Å². The van der Waals surface area contributed by atoms with Crippen LogP contribution in [0, 0.1) is 0 Å². The van der Waals surface area contributed by atoms with Gasteiger partial charge in [0.2, 0.25) is 0 Å². The molecule has 1 aliphatic heterocycles. The predicted octanol–water partition coefficient (Wildman–Crippen LogP) is -0.0442. The molecular weight excluding hydrogens is 226 g/mol. The zero-order valence-corrected chi connectivity index (χ0v) is 9.90. The summed E-state index contributed by atoms with van der Waals surface area (Å²) < 4.78 is 22.2. The Balaban J connectivity index is 0.00000169. The molecule has 0 aromatic rings. The van der Waals surface area contributed by atoms with Crippen molar-refractivity contribution >= 4 is 22.2 Å². The molecule has 4 nitrogen and oxygen atoms in total. The summed E-state index contributed by atoms with van der Waals surface area (Å²) in [5.74, 6) is -0.00529. The Bertz CT molecular complexity index is 255. The van der Waals surface area contributed by atoms with Crippen LogP contribution in [-0.2, 0) is 9.84 Å². The lowest BCUT2D eigenvalue weighted by atomic mass is 10.2. The van der Waals surface area contributed by atoms with Crippen LogP contribution in [0.4, 0.5) is 0 Å². The van der Waals surface area contributed by atoms with Crippen molar-refractivity contribution < 1.29 is 13.5 Å². The summed E-state index contributed by atoms with van der Waals surface area (Å²) in [5, 5.41) is 12.4. The lowest BCUT2D eigenvalue weighted by Gasteiger charge is -2.13. The second kappa shape index (κ2) is 5.90. The predicted molar refractivity (Wildman–Crippen MR) is 58.6 cm³/mol. The number of aliphatic hydroxyl groups is 1. The molecule has 0 amide bonds. The molecular formula is C8H18ClNO3S. The fourth-order valence-electron chi connectivity index (χ4n) is 1.49. The first-order valence-corrected chi connectivity index (χ1v) is 6.49. The highest BCUT2D eigenvalue weighted by Crippen LogP contribution is 2.12. The maximum absolute atomic E-state index is 11.1. The van der Waals surface area contributed by atoms with Gasteiger partial charge in [0.1, 0.15) is 0 Å². The van der Waals surface area contributed by atoms with Crippen molar-refractivity contribution in [2.45, 2.75) is 31.9 Å². The number of aliphatic hydroxyl groups excluding tert-OH is 1. The molecule has 0 aliphatic carbocycles. The Labute approximate surface area is 91.4 Å². The van der Waals surface area contributed by atoms with Crippen molar-refractivity contribution in [3.05, 3.63) is 0 Å². The van der Waals surface area contributed by atoms with Gasteiger partial charge >= 0.3 is 0 Å². The molecule has 0 radical (unpaired) electrons. The van der Waals surface area contributed by atoms with Gasteiger partial charge in [-0.25, -0.2) is 8.42 Å². The minimum atomic E-state index is -2.99. The van der Waals surface area contributed by atoms with Gasteiger partial charge < -0.3 is 10.4 Å². The van der Waals surface area contributed by atoms with Crippen LogP contribution in [0.5, 0.6) is 0 Å². The monoisotopic (exact) mass is 243 g/mol. The van der Waals surface area contributed by atoms with Gasteiger partial charge in [-0.15, -0.1) is 12.4 Å². The normalized spacial score (nSPS) is 29.9. The molecule has 6 heteroatoms. The van der Waals surface area contributed by atoms with Crippen molar-refractivity contribution in [3.8, 4) is 0 Å². The van der Waals surface area contributed by atoms with E-state index in [4.69, 9.17) is 0 Å². The molecule has 1 saturated heterocycles. The van der Waals surface area contributed by atoms with E-state index in [1.165, 1.54) is 0 Å². The molecule has 2 N–H and O–H groups in total. The molecule has 0 aromatic heterocycles. The van der Waals surface area contributed by atoms with E-state index in [2.05, 4.69) is 12.2 Å². The largest absolute Gasteiger partial charge is 0.390 e. The molecule has 1 heterocycles. The molecule has 0 aromatic carbocycles. The lowest BCUT2D eigenvalue weighted by molar-refractivity contribution is 0.166. The van der Waals surface area contributed by atoms with Crippen LogP contribution in [0.1, 0.15) is 19.8 Å². The number of rotatable bonds is 4. The number of unbranched alkanes of at least 4 members (excludes halogenated alkanes) is 1. The standard InChI is InChI=1S/C8H17NO3S.ClH/c1-2-3-4-9-7-5-13(11,12)6-8(7)10;/h7-10H,2-6H2,1H3;1H. The zero-order valence-electron chi connectivity index (χ0n) is 8.27. The number of nitrogens with one attached hydrogen (secondary N) is 1. The van der Waals surface area contributed by atoms with Gasteiger partial charge in [-0.05, 0) is 13.0 Å². The fraction of sp³-hybridized carbons (Fsp3) is 1.00. The average molecular weight is 244 g/mol. The molecule has 0 spiro atoms. The molecule has 0 saturated carbocycles. The van der Waals surface area contributed by atoms with Gasteiger partial charge in [-0.3, -0.25) is 0 Å². The summed E-state index contributed by atoms with van der Waals surface area (Å²) in [6.45, 7) is 2.86. The third-order valence-corrected chi connectivity index (χ3v) is 3.98. The van der Waals surface area contributed by atoms with E-state index in [1.807, 2.05) is 0 Å². The maximum Gasteiger partial charge on any atom is 0.154 e. The highest BCUT2D eigenvalue weighted by Gasteiger charge is 2.35. The van der Waals surface area contributed by atoms with Crippen LogP contribution in [0.25, 0.3) is 0 Å². The summed E-state index contributed by atoms with van der Waals surface area (Å²) in [5.41, 5.74) is 0. The van der Waals surface area contributed by atoms with Gasteiger partial charge in [-0.1, -0.05) is 13.3 Å². The van der Waals surface area contributed by atoms with Crippen LogP contribution < -0.4 is 5.32 Å². The molecule has 14 heavy (non-hydrogen) atoms. The molecule has 0 bridgehead atoms. The van der Waals surface area contributed by atoms with E-state index < -0.39 is 15.9 Å². The van der Waals surface area contributed by atoms with Gasteiger partial charge in [0.15, 0.2) is 9.84 Å². The molecule has 1 aliphatic rings.